The van der Waals surface area contributed by atoms with E-state index in [2.05, 4.69) is 0 Å². The van der Waals surface area contributed by atoms with Crippen LogP contribution in [0.25, 0.3) is 0 Å². The lowest BCUT2D eigenvalue weighted by molar-refractivity contribution is -0.136. The maximum atomic E-state index is 11.9. The molecular formula is C18H16Cl2O3S2. The highest BCUT2D eigenvalue weighted by Crippen LogP contribution is 2.43. The van der Waals surface area contributed by atoms with Gasteiger partial charge >= 0.3 is 5.97 Å². The van der Waals surface area contributed by atoms with Gasteiger partial charge in [-0.2, -0.15) is 0 Å². The van der Waals surface area contributed by atoms with E-state index >= 15 is 0 Å². The minimum Gasteiger partial charge on any atom is -0.482 e. The van der Waals surface area contributed by atoms with Crippen LogP contribution in [0.15, 0.2) is 42.5 Å². The topological polar surface area (TPSA) is 35.5 Å². The standard InChI is InChI=1S/C18H16Cl2O3S2/c19-13-4-7-16(15(20)10-13)23-17(21)11-22-14-5-2-12(3-6-14)18-24-8-1-9-25-18/h2-7,10,18H,1,8-9,11H2. The predicted molar refractivity (Wildman–Crippen MR) is 106 cm³/mol. The molecule has 0 spiro atoms. The highest BCUT2D eigenvalue weighted by Gasteiger charge is 2.16. The number of hydrogen-bond acceptors (Lipinski definition) is 5. The molecule has 132 valence electrons. The van der Waals surface area contributed by atoms with Crippen molar-refractivity contribution >= 4 is 52.7 Å². The van der Waals surface area contributed by atoms with E-state index in [9.17, 15) is 4.79 Å². The van der Waals surface area contributed by atoms with Crippen molar-refractivity contribution < 1.29 is 14.3 Å². The summed E-state index contributed by atoms with van der Waals surface area (Å²) < 4.78 is 11.2. The number of esters is 1. The van der Waals surface area contributed by atoms with Gasteiger partial charge in [-0.15, -0.1) is 23.5 Å². The number of halogens is 2. The average Bonchev–Trinajstić information content (AvgIpc) is 2.63. The van der Waals surface area contributed by atoms with Crippen molar-refractivity contribution in [1.82, 2.24) is 0 Å². The molecule has 0 aliphatic carbocycles. The van der Waals surface area contributed by atoms with Gasteiger partial charge in [-0.3, -0.25) is 0 Å². The molecule has 1 fully saturated rings. The first-order chi connectivity index (χ1) is 12.1. The third kappa shape index (κ3) is 5.48. The summed E-state index contributed by atoms with van der Waals surface area (Å²) >= 11 is 15.7. The minimum atomic E-state index is -0.522. The van der Waals surface area contributed by atoms with E-state index in [1.54, 1.807) is 12.1 Å². The van der Waals surface area contributed by atoms with Crippen molar-refractivity contribution in [1.29, 1.82) is 0 Å². The number of benzene rings is 2. The Morgan fingerprint density at radius 1 is 1.08 bits per heavy atom. The molecule has 0 saturated carbocycles. The molecular weight excluding hydrogens is 399 g/mol. The van der Waals surface area contributed by atoms with Crippen molar-refractivity contribution in [3.63, 3.8) is 0 Å². The van der Waals surface area contributed by atoms with E-state index in [4.69, 9.17) is 32.7 Å². The van der Waals surface area contributed by atoms with Gasteiger partial charge in [0.2, 0.25) is 0 Å². The SMILES string of the molecule is O=C(COc1ccc(C2SCCCS2)cc1)Oc1ccc(Cl)cc1Cl. The first-order valence-electron chi connectivity index (χ1n) is 7.73. The highest BCUT2D eigenvalue weighted by atomic mass is 35.5. The molecule has 25 heavy (non-hydrogen) atoms. The molecule has 0 bridgehead atoms. The van der Waals surface area contributed by atoms with Crippen molar-refractivity contribution in [2.24, 2.45) is 0 Å². The van der Waals surface area contributed by atoms with Crippen LogP contribution in [0.4, 0.5) is 0 Å². The van der Waals surface area contributed by atoms with Gasteiger partial charge in [0, 0.05) is 5.02 Å². The van der Waals surface area contributed by atoms with Crippen molar-refractivity contribution in [2.45, 2.75) is 11.0 Å². The van der Waals surface area contributed by atoms with Gasteiger partial charge in [-0.05, 0) is 53.8 Å². The fourth-order valence-corrected chi connectivity index (χ4v) is 5.60. The normalized spacial score (nSPS) is 15.0. The number of ether oxygens (including phenoxy) is 2. The quantitative estimate of drug-likeness (QED) is 0.452. The third-order valence-electron chi connectivity index (χ3n) is 3.45. The molecule has 1 aliphatic heterocycles. The van der Waals surface area contributed by atoms with Crippen LogP contribution in [-0.4, -0.2) is 24.1 Å². The monoisotopic (exact) mass is 414 g/mol. The zero-order chi connectivity index (χ0) is 17.6. The number of carbonyl (C=O) groups excluding carboxylic acids is 1. The molecule has 2 aromatic carbocycles. The summed E-state index contributed by atoms with van der Waals surface area (Å²) in [6.45, 7) is -0.189. The molecule has 0 amide bonds. The molecule has 3 nitrogen and oxygen atoms in total. The molecule has 0 radical (unpaired) electrons. The first kappa shape index (κ1) is 18.8. The molecule has 0 aromatic heterocycles. The fourth-order valence-electron chi connectivity index (χ4n) is 2.25. The minimum absolute atomic E-state index is 0.189. The van der Waals surface area contributed by atoms with Gasteiger partial charge in [0.25, 0.3) is 0 Å². The zero-order valence-electron chi connectivity index (χ0n) is 13.2. The Morgan fingerprint density at radius 2 is 1.80 bits per heavy atom. The number of rotatable bonds is 5. The van der Waals surface area contributed by atoms with Gasteiger partial charge in [0.05, 0.1) is 9.60 Å². The summed E-state index contributed by atoms with van der Waals surface area (Å²) in [6.07, 6.45) is 1.27. The Kier molecular flexibility index (Phi) is 6.82. The molecule has 3 rings (SSSR count). The summed E-state index contributed by atoms with van der Waals surface area (Å²) in [5.41, 5.74) is 1.28. The van der Waals surface area contributed by atoms with Gasteiger partial charge in [-0.25, -0.2) is 4.79 Å². The Balaban J connectivity index is 1.51. The second-order valence-corrected chi connectivity index (χ2v) is 8.90. The van der Waals surface area contributed by atoms with Crippen molar-refractivity contribution in [2.75, 3.05) is 18.1 Å². The average molecular weight is 415 g/mol. The lowest BCUT2D eigenvalue weighted by Gasteiger charge is -2.21. The predicted octanol–water partition coefficient (Wildman–Crippen LogP) is 5.85. The fraction of sp³-hybridized carbons (Fsp3) is 0.278. The Morgan fingerprint density at radius 3 is 2.48 bits per heavy atom. The Bertz CT molecular complexity index is 732. The Labute approximate surface area is 165 Å². The second kappa shape index (κ2) is 9.08. The van der Waals surface area contributed by atoms with E-state index in [1.807, 2.05) is 47.8 Å². The summed E-state index contributed by atoms with van der Waals surface area (Å²) in [4.78, 5) is 11.9. The van der Waals surface area contributed by atoms with Gasteiger partial charge in [0.1, 0.15) is 11.5 Å². The van der Waals surface area contributed by atoms with Crippen LogP contribution in [-0.2, 0) is 4.79 Å². The number of carbonyl (C=O) groups is 1. The summed E-state index contributed by atoms with van der Waals surface area (Å²) in [5, 5.41) is 0.767. The van der Waals surface area contributed by atoms with Crippen molar-refractivity contribution in [3.8, 4) is 11.5 Å². The third-order valence-corrected chi connectivity index (χ3v) is 7.00. The molecule has 1 saturated heterocycles. The van der Waals surface area contributed by atoms with E-state index in [0.29, 0.717) is 15.4 Å². The molecule has 0 unspecified atom stereocenters. The van der Waals surface area contributed by atoms with Crippen LogP contribution in [0.3, 0.4) is 0 Å². The Hall–Kier alpha value is -1.01. The van der Waals surface area contributed by atoms with Crippen LogP contribution in [0.1, 0.15) is 16.6 Å². The van der Waals surface area contributed by atoms with E-state index in [0.717, 1.165) is 0 Å². The van der Waals surface area contributed by atoms with E-state index < -0.39 is 5.97 Å². The second-order valence-electron chi connectivity index (χ2n) is 5.33. The summed E-state index contributed by atoms with van der Waals surface area (Å²) in [5.74, 6) is 2.78. The first-order valence-corrected chi connectivity index (χ1v) is 10.6. The molecule has 1 heterocycles. The van der Waals surface area contributed by atoms with Gasteiger partial charge in [-0.1, -0.05) is 35.3 Å². The maximum Gasteiger partial charge on any atom is 0.349 e. The smallest absolute Gasteiger partial charge is 0.349 e. The van der Waals surface area contributed by atoms with E-state index in [-0.39, 0.29) is 17.4 Å². The molecule has 1 aliphatic rings. The van der Waals surface area contributed by atoms with Gasteiger partial charge in [0.15, 0.2) is 6.61 Å². The number of thioether (sulfide) groups is 2. The van der Waals surface area contributed by atoms with Crippen LogP contribution in [0.5, 0.6) is 11.5 Å². The maximum absolute atomic E-state index is 11.9. The molecule has 2 aromatic rings. The van der Waals surface area contributed by atoms with Crippen LogP contribution >= 0.6 is 46.7 Å². The molecule has 7 heteroatoms. The summed E-state index contributed by atoms with van der Waals surface area (Å²) in [6, 6.07) is 12.5. The van der Waals surface area contributed by atoms with E-state index in [1.165, 1.54) is 29.6 Å². The molecule has 0 atom stereocenters. The highest BCUT2D eigenvalue weighted by molar-refractivity contribution is 8.16. The lowest BCUT2D eigenvalue weighted by Crippen LogP contribution is -2.17. The zero-order valence-corrected chi connectivity index (χ0v) is 16.4. The summed E-state index contributed by atoms with van der Waals surface area (Å²) in [7, 11) is 0. The van der Waals surface area contributed by atoms with Crippen LogP contribution < -0.4 is 9.47 Å². The number of hydrogen-bond donors (Lipinski definition) is 0. The molecule has 0 N–H and O–H groups in total. The van der Waals surface area contributed by atoms with Crippen LogP contribution in [0.2, 0.25) is 10.0 Å². The van der Waals surface area contributed by atoms with Crippen LogP contribution in [0, 0.1) is 0 Å². The lowest BCUT2D eigenvalue weighted by atomic mass is 10.2. The largest absolute Gasteiger partial charge is 0.482 e. The van der Waals surface area contributed by atoms with Gasteiger partial charge < -0.3 is 9.47 Å². The van der Waals surface area contributed by atoms with Crippen molar-refractivity contribution in [3.05, 3.63) is 58.1 Å².